The molecule has 0 amide bonds. The SMILES string of the molecule is OCCCN1CCC[C@@]2(Cc3ccccc3)c3c(F)ccc(F)c3OCC12. The Morgan fingerprint density at radius 1 is 1.11 bits per heavy atom. The lowest BCUT2D eigenvalue weighted by molar-refractivity contribution is 0.00669. The number of aliphatic hydroxyl groups excluding tert-OH is 1. The van der Waals surface area contributed by atoms with Crippen molar-refractivity contribution < 1.29 is 18.6 Å². The minimum absolute atomic E-state index is 0.0400. The van der Waals surface area contributed by atoms with Crippen LogP contribution < -0.4 is 4.74 Å². The number of ether oxygens (including phenoxy) is 1. The van der Waals surface area contributed by atoms with Gasteiger partial charge in [-0.05, 0) is 49.9 Å². The Hall–Kier alpha value is -1.98. The van der Waals surface area contributed by atoms with Gasteiger partial charge in [0.25, 0.3) is 0 Å². The van der Waals surface area contributed by atoms with Crippen LogP contribution in [-0.2, 0) is 11.8 Å². The molecule has 27 heavy (non-hydrogen) atoms. The molecule has 0 bridgehead atoms. The number of aliphatic hydroxyl groups is 1. The number of hydrogen-bond donors (Lipinski definition) is 1. The molecule has 1 fully saturated rings. The van der Waals surface area contributed by atoms with Gasteiger partial charge in [-0.15, -0.1) is 0 Å². The quantitative estimate of drug-likeness (QED) is 0.868. The van der Waals surface area contributed by atoms with Crippen molar-refractivity contribution >= 4 is 0 Å². The molecule has 3 nitrogen and oxygen atoms in total. The van der Waals surface area contributed by atoms with Crippen LogP contribution in [0, 0.1) is 11.6 Å². The van der Waals surface area contributed by atoms with E-state index in [1.165, 1.54) is 6.07 Å². The molecule has 0 aliphatic carbocycles. The molecule has 1 N–H and O–H groups in total. The monoisotopic (exact) mass is 373 g/mol. The largest absolute Gasteiger partial charge is 0.488 e. The lowest BCUT2D eigenvalue weighted by Crippen LogP contribution is -2.61. The summed E-state index contributed by atoms with van der Waals surface area (Å²) in [5, 5.41) is 9.26. The zero-order chi connectivity index (χ0) is 18.9. The maximum absolute atomic E-state index is 15.0. The molecule has 5 heteroatoms. The number of likely N-dealkylation sites (tertiary alicyclic amines) is 1. The molecule has 0 aromatic heterocycles. The highest BCUT2D eigenvalue weighted by Crippen LogP contribution is 2.50. The van der Waals surface area contributed by atoms with Gasteiger partial charge in [-0.2, -0.15) is 0 Å². The van der Waals surface area contributed by atoms with Gasteiger partial charge >= 0.3 is 0 Å². The second kappa shape index (κ2) is 7.56. The van der Waals surface area contributed by atoms with Crippen LogP contribution in [0.3, 0.4) is 0 Å². The van der Waals surface area contributed by atoms with Crippen LogP contribution in [0.5, 0.6) is 5.75 Å². The van der Waals surface area contributed by atoms with E-state index in [-0.39, 0.29) is 18.4 Å². The van der Waals surface area contributed by atoms with Crippen molar-refractivity contribution in [3.05, 3.63) is 65.2 Å². The van der Waals surface area contributed by atoms with Crippen LogP contribution in [-0.4, -0.2) is 42.4 Å². The topological polar surface area (TPSA) is 32.7 Å². The number of fused-ring (bicyclic) bond motifs is 3. The van der Waals surface area contributed by atoms with Crippen LogP contribution in [0.2, 0.25) is 0 Å². The zero-order valence-corrected chi connectivity index (χ0v) is 15.3. The Kier molecular flexibility index (Phi) is 5.15. The molecule has 1 unspecified atom stereocenters. The van der Waals surface area contributed by atoms with E-state index in [1.807, 2.05) is 30.3 Å². The molecular weight excluding hydrogens is 348 g/mol. The summed E-state index contributed by atoms with van der Waals surface area (Å²) in [5.41, 5.74) is 0.966. The molecule has 0 spiro atoms. The summed E-state index contributed by atoms with van der Waals surface area (Å²) in [6.45, 7) is 2.07. The van der Waals surface area contributed by atoms with Crippen LogP contribution in [0.25, 0.3) is 0 Å². The Labute approximate surface area is 158 Å². The first-order valence-corrected chi connectivity index (χ1v) is 9.66. The van der Waals surface area contributed by atoms with Crippen molar-refractivity contribution in [2.75, 3.05) is 26.3 Å². The zero-order valence-electron chi connectivity index (χ0n) is 15.3. The first kappa shape index (κ1) is 18.4. The van der Waals surface area contributed by atoms with Crippen LogP contribution in [0.4, 0.5) is 8.78 Å². The average molecular weight is 373 g/mol. The molecule has 2 heterocycles. The van der Waals surface area contributed by atoms with Crippen molar-refractivity contribution in [3.8, 4) is 5.75 Å². The van der Waals surface area contributed by atoms with Crippen LogP contribution in [0.1, 0.15) is 30.4 Å². The Morgan fingerprint density at radius 3 is 2.67 bits per heavy atom. The van der Waals surface area contributed by atoms with Gasteiger partial charge in [0.05, 0.1) is 6.04 Å². The Bertz CT molecular complexity index is 798. The van der Waals surface area contributed by atoms with E-state index in [0.29, 0.717) is 25.0 Å². The fourth-order valence-corrected chi connectivity index (χ4v) is 4.92. The summed E-state index contributed by atoms with van der Waals surface area (Å²) in [5.74, 6) is -0.813. The summed E-state index contributed by atoms with van der Waals surface area (Å²) in [6, 6.07) is 12.4. The lowest BCUT2D eigenvalue weighted by Gasteiger charge is -2.53. The van der Waals surface area contributed by atoms with E-state index < -0.39 is 17.0 Å². The van der Waals surface area contributed by atoms with Crippen LogP contribution in [0.15, 0.2) is 42.5 Å². The molecule has 0 saturated carbocycles. The molecule has 2 aromatic carbocycles. The molecule has 2 aliphatic rings. The smallest absolute Gasteiger partial charge is 0.165 e. The van der Waals surface area contributed by atoms with Crippen molar-refractivity contribution in [2.45, 2.75) is 37.1 Å². The Morgan fingerprint density at radius 2 is 1.89 bits per heavy atom. The second-order valence-corrected chi connectivity index (χ2v) is 7.60. The Balaban J connectivity index is 1.83. The van der Waals surface area contributed by atoms with E-state index in [9.17, 15) is 9.50 Å². The van der Waals surface area contributed by atoms with E-state index in [4.69, 9.17) is 4.74 Å². The highest BCUT2D eigenvalue weighted by atomic mass is 19.1. The molecule has 2 aliphatic heterocycles. The highest BCUT2D eigenvalue weighted by Gasteiger charge is 2.52. The molecule has 1 saturated heterocycles. The minimum atomic E-state index is -0.533. The molecule has 4 rings (SSSR count). The van der Waals surface area contributed by atoms with E-state index in [2.05, 4.69) is 4.90 Å². The highest BCUT2D eigenvalue weighted by molar-refractivity contribution is 5.47. The molecule has 0 radical (unpaired) electrons. The van der Waals surface area contributed by atoms with Gasteiger partial charge in [-0.25, -0.2) is 8.78 Å². The van der Waals surface area contributed by atoms with Gasteiger partial charge in [0, 0.05) is 24.1 Å². The average Bonchev–Trinajstić information content (AvgIpc) is 2.69. The summed E-state index contributed by atoms with van der Waals surface area (Å²) < 4.78 is 35.3. The summed E-state index contributed by atoms with van der Waals surface area (Å²) in [6.07, 6.45) is 3.00. The van der Waals surface area contributed by atoms with Crippen LogP contribution >= 0.6 is 0 Å². The van der Waals surface area contributed by atoms with Gasteiger partial charge in [-0.3, -0.25) is 4.90 Å². The minimum Gasteiger partial charge on any atom is -0.488 e. The van der Waals surface area contributed by atoms with E-state index >= 15 is 4.39 Å². The number of hydrogen-bond acceptors (Lipinski definition) is 3. The third-order valence-electron chi connectivity index (χ3n) is 6.05. The van der Waals surface area contributed by atoms with E-state index in [0.717, 1.165) is 37.6 Å². The maximum atomic E-state index is 15.0. The summed E-state index contributed by atoms with van der Waals surface area (Å²) in [4.78, 5) is 2.29. The fourth-order valence-electron chi connectivity index (χ4n) is 4.92. The first-order valence-electron chi connectivity index (χ1n) is 9.66. The van der Waals surface area contributed by atoms with Crippen molar-refractivity contribution in [1.82, 2.24) is 4.90 Å². The van der Waals surface area contributed by atoms with Crippen molar-refractivity contribution in [1.29, 1.82) is 0 Å². The maximum Gasteiger partial charge on any atom is 0.165 e. The predicted octanol–water partition coefficient (Wildman–Crippen LogP) is 3.68. The number of halogens is 2. The standard InChI is InChI=1S/C22H25F2NO2/c23-17-8-9-18(24)21-20(17)22(14-16-6-2-1-3-7-16)10-4-11-25(12-5-13-26)19(22)15-27-21/h1-3,6-9,19,26H,4-5,10-15H2/t19?,22-/m0/s1. The molecule has 2 atom stereocenters. The van der Waals surface area contributed by atoms with Gasteiger partial charge in [0.2, 0.25) is 0 Å². The summed E-state index contributed by atoms with van der Waals surface area (Å²) >= 11 is 0. The van der Waals surface area contributed by atoms with Gasteiger partial charge in [0.15, 0.2) is 11.6 Å². The lowest BCUT2D eigenvalue weighted by atomic mass is 9.63. The predicted molar refractivity (Wildman–Crippen MR) is 100.0 cm³/mol. The molecule has 2 aromatic rings. The third kappa shape index (κ3) is 3.23. The van der Waals surface area contributed by atoms with Crippen molar-refractivity contribution in [3.63, 3.8) is 0 Å². The normalized spacial score (nSPS) is 24.8. The fraction of sp³-hybridized carbons (Fsp3) is 0.455. The molecular formula is C22H25F2NO2. The van der Waals surface area contributed by atoms with Gasteiger partial charge < -0.3 is 9.84 Å². The molecule has 144 valence electrons. The van der Waals surface area contributed by atoms with Gasteiger partial charge in [-0.1, -0.05) is 30.3 Å². The third-order valence-corrected chi connectivity index (χ3v) is 6.05. The number of benzene rings is 2. The van der Waals surface area contributed by atoms with Gasteiger partial charge in [0.1, 0.15) is 12.4 Å². The number of rotatable bonds is 5. The summed E-state index contributed by atoms with van der Waals surface area (Å²) in [7, 11) is 0. The number of piperidine rings is 1. The van der Waals surface area contributed by atoms with Crippen molar-refractivity contribution in [2.24, 2.45) is 0 Å². The number of nitrogens with zero attached hydrogens (tertiary/aromatic N) is 1. The van der Waals surface area contributed by atoms with E-state index in [1.54, 1.807) is 0 Å². The first-order chi connectivity index (χ1) is 13.2. The second-order valence-electron chi connectivity index (χ2n) is 7.60.